The van der Waals surface area contributed by atoms with Gasteiger partial charge in [-0.2, -0.15) is 0 Å². The predicted octanol–water partition coefficient (Wildman–Crippen LogP) is 2.81. The van der Waals surface area contributed by atoms with E-state index in [1.54, 1.807) is 0 Å². The summed E-state index contributed by atoms with van der Waals surface area (Å²) in [6, 6.07) is 10.6. The maximum Gasteiger partial charge on any atom is 0.0307 e. The molecule has 2 atom stereocenters. The molecule has 0 aliphatic carbocycles. The highest BCUT2D eigenvalue weighted by molar-refractivity contribution is 5.18. The van der Waals surface area contributed by atoms with Crippen molar-refractivity contribution < 1.29 is 0 Å². The van der Waals surface area contributed by atoms with Crippen LogP contribution in [0.4, 0.5) is 0 Å². The molecule has 2 N–H and O–H groups in total. The molecule has 0 amide bonds. The fraction of sp³-hybridized carbons (Fsp3) is 0.600. The summed E-state index contributed by atoms with van der Waals surface area (Å²) >= 11 is 0. The van der Waals surface area contributed by atoms with E-state index in [0.29, 0.717) is 0 Å². The van der Waals surface area contributed by atoms with Crippen molar-refractivity contribution in [3.63, 3.8) is 0 Å². The fourth-order valence-corrected chi connectivity index (χ4v) is 2.68. The Morgan fingerprint density at radius 1 is 1.35 bits per heavy atom. The van der Waals surface area contributed by atoms with Crippen LogP contribution >= 0.6 is 0 Å². The van der Waals surface area contributed by atoms with E-state index in [9.17, 15) is 0 Å². The van der Waals surface area contributed by atoms with Gasteiger partial charge in [-0.15, -0.1) is 0 Å². The molecule has 1 saturated heterocycles. The van der Waals surface area contributed by atoms with Crippen LogP contribution in [0.15, 0.2) is 30.3 Å². The van der Waals surface area contributed by atoms with Gasteiger partial charge in [0.2, 0.25) is 0 Å². The zero-order valence-electron chi connectivity index (χ0n) is 10.8. The average molecular weight is 232 g/mol. The van der Waals surface area contributed by atoms with Crippen LogP contribution in [-0.4, -0.2) is 24.5 Å². The molecule has 2 rings (SSSR count). The zero-order valence-corrected chi connectivity index (χ0v) is 10.8. The monoisotopic (exact) mass is 232 g/mol. The third kappa shape index (κ3) is 3.83. The van der Waals surface area contributed by atoms with Gasteiger partial charge >= 0.3 is 0 Å². The van der Waals surface area contributed by atoms with Crippen molar-refractivity contribution in [2.24, 2.45) is 11.7 Å². The first kappa shape index (κ1) is 12.6. The summed E-state index contributed by atoms with van der Waals surface area (Å²) in [4.78, 5) is 2.57. The molecule has 1 aromatic carbocycles. The van der Waals surface area contributed by atoms with Gasteiger partial charge in [-0.05, 0) is 43.8 Å². The minimum absolute atomic E-state index is 0.188. The summed E-state index contributed by atoms with van der Waals surface area (Å²) in [5.41, 5.74) is 7.48. The molecular formula is C15H24N2. The van der Waals surface area contributed by atoms with Crippen molar-refractivity contribution >= 4 is 0 Å². The second-order valence-corrected chi connectivity index (χ2v) is 5.35. The molecule has 1 aliphatic heterocycles. The number of likely N-dealkylation sites (tertiary alicyclic amines) is 1. The topological polar surface area (TPSA) is 29.3 Å². The molecule has 0 spiro atoms. The SMILES string of the molecule is CC1CCCN(CCC(N)c2ccccc2)C1. The van der Waals surface area contributed by atoms with E-state index in [-0.39, 0.29) is 6.04 Å². The first-order chi connectivity index (χ1) is 8.25. The lowest BCUT2D eigenvalue weighted by molar-refractivity contribution is 0.178. The summed E-state index contributed by atoms with van der Waals surface area (Å²) in [6.07, 6.45) is 3.81. The number of nitrogens with zero attached hydrogens (tertiary/aromatic N) is 1. The summed E-state index contributed by atoms with van der Waals surface area (Å²) in [5.74, 6) is 0.858. The molecule has 2 nitrogen and oxygen atoms in total. The van der Waals surface area contributed by atoms with E-state index in [1.165, 1.54) is 31.5 Å². The lowest BCUT2D eigenvalue weighted by atomic mass is 9.99. The molecule has 0 bridgehead atoms. The summed E-state index contributed by atoms with van der Waals surface area (Å²) in [6.45, 7) is 6.00. The van der Waals surface area contributed by atoms with Crippen LogP contribution < -0.4 is 5.73 Å². The van der Waals surface area contributed by atoms with E-state index in [0.717, 1.165) is 18.9 Å². The van der Waals surface area contributed by atoms with Gasteiger partial charge in [0.1, 0.15) is 0 Å². The van der Waals surface area contributed by atoms with Gasteiger partial charge in [0.05, 0.1) is 0 Å². The van der Waals surface area contributed by atoms with Gasteiger partial charge in [-0.1, -0.05) is 37.3 Å². The third-order valence-electron chi connectivity index (χ3n) is 3.73. The number of hydrogen-bond donors (Lipinski definition) is 1. The minimum Gasteiger partial charge on any atom is -0.324 e. The standard InChI is InChI=1S/C15H24N2/c1-13-6-5-10-17(12-13)11-9-15(16)14-7-3-2-4-8-14/h2-4,7-8,13,15H,5-6,9-12,16H2,1H3. The van der Waals surface area contributed by atoms with Crippen molar-refractivity contribution in [1.82, 2.24) is 4.90 Å². The summed E-state index contributed by atoms with van der Waals surface area (Å²) < 4.78 is 0. The van der Waals surface area contributed by atoms with Crippen molar-refractivity contribution in [3.8, 4) is 0 Å². The van der Waals surface area contributed by atoms with Crippen molar-refractivity contribution in [3.05, 3.63) is 35.9 Å². The van der Waals surface area contributed by atoms with Crippen LogP contribution in [0.3, 0.4) is 0 Å². The first-order valence-electron chi connectivity index (χ1n) is 6.78. The number of rotatable bonds is 4. The van der Waals surface area contributed by atoms with Gasteiger partial charge in [0, 0.05) is 12.6 Å². The quantitative estimate of drug-likeness (QED) is 0.865. The molecule has 1 aromatic rings. The van der Waals surface area contributed by atoms with E-state index in [2.05, 4.69) is 36.1 Å². The highest BCUT2D eigenvalue weighted by Gasteiger charge is 2.16. The lowest BCUT2D eigenvalue weighted by Gasteiger charge is -2.31. The molecule has 17 heavy (non-hydrogen) atoms. The van der Waals surface area contributed by atoms with Gasteiger partial charge in [0.15, 0.2) is 0 Å². The highest BCUT2D eigenvalue weighted by atomic mass is 15.1. The maximum atomic E-state index is 6.22. The van der Waals surface area contributed by atoms with E-state index in [4.69, 9.17) is 5.73 Å². The van der Waals surface area contributed by atoms with Crippen LogP contribution in [0, 0.1) is 5.92 Å². The maximum absolute atomic E-state index is 6.22. The Hall–Kier alpha value is -0.860. The van der Waals surface area contributed by atoms with E-state index >= 15 is 0 Å². The second-order valence-electron chi connectivity index (χ2n) is 5.35. The highest BCUT2D eigenvalue weighted by Crippen LogP contribution is 2.18. The van der Waals surface area contributed by atoms with Gasteiger partial charge < -0.3 is 10.6 Å². The lowest BCUT2D eigenvalue weighted by Crippen LogP contribution is -2.36. The third-order valence-corrected chi connectivity index (χ3v) is 3.73. The smallest absolute Gasteiger partial charge is 0.0307 e. The normalized spacial score (nSPS) is 23.5. The van der Waals surface area contributed by atoms with Crippen LogP contribution in [0.5, 0.6) is 0 Å². The predicted molar refractivity (Wildman–Crippen MR) is 72.8 cm³/mol. The molecule has 1 heterocycles. The van der Waals surface area contributed by atoms with E-state index in [1.807, 2.05) is 6.07 Å². The number of nitrogens with two attached hydrogens (primary N) is 1. The Kier molecular flexibility index (Phi) is 4.57. The fourth-order valence-electron chi connectivity index (χ4n) is 2.68. The van der Waals surface area contributed by atoms with Crippen LogP contribution in [0.1, 0.15) is 37.8 Å². The Morgan fingerprint density at radius 2 is 2.12 bits per heavy atom. The molecular weight excluding hydrogens is 208 g/mol. The van der Waals surface area contributed by atoms with Crippen molar-refractivity contribution in [2.75, 3.05) is 19.6 Å². The van der Waals surface area contributed by atoms with Crippen LogP contribution in [0.2, 0.25) is 0 Å². The Morgan fingerprint density at radius 3 is 2.82 bits per heavy atom. The Balaban J connectivity index is 1.78. The van der Waals surface area contributed by atoms with Crippen LogP contribution in [-0.2, 0) is 0 Å². The Bertz CT molecular complexity index is 323. The largest absolute Gasteiger partial charge is 0.324 e. The number of hydrogen-bond acceptors (Lipinski definition) is 2. The molecule has 94 valence electrons. The van der Waals surface area contributed by atoms with Crippen molar-refractivity contribution in [1.29, 1.82) is 0 Å². The van der Waals surface area contributed by atoms with Gasteiger partial charge in [-0.3, -0.25) is 0 Å². The Labute approximate surface area is 105 Å². The molecule has 1 fully saturated rings. The molecule has 2 unspecified atom stereocenters. The van der Waals surface area contributed by atoms with Crippen molar-refractivity contribution in [2.45, 2.75) is 32.2 Å². The molecule has 0 aromatic heterocycles. The average Bonchev–Trinajstić information content (AvgIpc) is 2.37. The summed E-state index contributed by atoms with van der Waals surface area (Å²) in [5, 5.41) is 0. The van der Waals surface area contributed by atoms with Gasteiger partial charge in [-0.25, -0.2) is 0 Å². The number of piperidine rings is 1. The van der Waals surface area contributed by atoms with E-state index < -0.39 is 0 Å². The molecule has 1 aliphatic rings. The number of benzene rings is 1. The molecule has 2 heteroatoms. The first-order valence-corrected chi connectivity index (χ1v) is 6.78. The van der Waals surface area contributed by atoms with Crippen LogP contribution in [0.25, 0.3) is 0 Å². The van der Waals surface area contributed by atoms with Gasteiger partial charge in [0.25, 0.3) is 0 Å². The minimum atomic E-state index is 0.188. The second kappa shape index (κ2) is 6.18. The summed E-state index contributed by atoms with van der Waals surface area (Å²) in [7, 11) is 0. The molecule has 0 saturated carbocycles. The zero-order chi connectivity index (χ0) is 12.1. The molecule has 0 radical (unpaired) electrons.